The van der Waals surface area contributed by atoms with Crippen LogP contribution in [0.3, 0.4) is 0 Å². The van der Waals surface area contributed by atoms with Crippen molar-refractivity contribution in [2.24, 2.45) is 0 Å². The number of methoxy groups -OCH3 is 1. The molecule has 1 aromatic heterocycles. The van der Waals surface area contributed by atoms with Gasteiger partial charge < -0.3 is 19.5 Å². The molecule has 1 aliphatic heterocycles. The van der Waals surface area contributed by atoms with Crippen LogP contribution in [0.1, 0.15) is 11.4 Å². The highest BCUT2D eigenvalue weighted by Crippen LogP contribution is 2.35. The fraction of sp³-hybridized carbons (Fsp3) is 0.286. The molecule has 0 aliphatic carbocycles. The second-order valence-corrected chi connectivity index (χ2v) is 4.82. The van der Waals surface area contributed by atoms with Gasteiger partial charge in [0.05, 0.1) is 0 Å². The summed E-state index contributed by atoms with van der Waals surface area (Å²) >= 11 is 5.97. The molecule has 6 nitrogen and oxygen atoms in total. The Morgan fingerprint density at radius 2 is 2.24 bits per heavy atom. The normalized spacial score (nSPS) is 12.5. The fourth-order valence-corrected chi connectivity index (χ4v) is 2.27. The molecule has 0 unspecified atom stereocenters. The third kappa shape index (κ3) is 3.17. The molecule has 0 amide bonds. The maximum Gasteiger partial charge on any atom is 0.231 e. The van der Waals surface area contributed by atoms with Crippen LogP contribution in [0, 0.1) is 0 Å². The van der Waals surface area contributed by atoms with E-state index in [1.54, 1.807) is 13.2 Å². The Balaban J connectivity index is 1.75. The van der Waals surface area contributed by atoms with E-state index >= 15 is 0 Å². The highest BCUT2D eigenvalue weighted by molar-refractivity contribution is 6.29. The molecule has 0 atom stereocenters. The van der Waals surface area contributed by atoms with E-state index < -0.39 is 0 Å². The average molecular weight is 308 g/mol. The Labute approximate surface area is 127 Å². The minimum Gasteiger partial charge on any atom is -0.454 e. The number of nitrogens with one attached hydrogen (secondary N) is 1. The molecule has 2 aromatic rings. The molecule has 1 aliphatic rings. The number of fused-ring (bicyclic) bond motifs is 1. The molecule has 0 spiro atoms. The van der Waals surface area contributed by atoms with Gasteiger partial charge in [-0.2, -0.15) is 0 Å². The third-order valence-electron chi connectivity index (χ3n) is 2.95. The van der Waals surface area contributed by atoms with Crippen LogP contribution in [-0.4, -0.2) is 23.9 Å². The van der Waals surface area contributed by atoms with Gasteiger partial charge in [-0.25, -0.2) is 9.97 Å². The molecule has 0 saturated heterocycles. The smallest absolute Gasteiger partial charge is 0.231 e. The monoisotopic (exact) mass is 307 g/mol. The topological polar surface area (TPSA) is 65.5 Å². The van der Waals surface area contributed by atoms with Gasteiger partial charge in [0, 0.05) is 25.3 Å². The summed E-state index contributed by atoms with van der Waals surface area (Å²) in [5.74, 6) is 2.70. The van der Waals surface area contributed by atoms with Crippen LogP contribution in [-0.2, 0) is 17.9 Å². The highest BCUT2D eigenvalue weighted by atomic mass is 35.5. The summed E-state index contributed by atoms with van der Waals surface area (Å²) in [5.41, 5.74) is 0.994. The van der Waals surface area contributed by atoms with Crippen LogP contribution in [0.5, 0.6) is 11.5 Å². The van der Waals surface area contributed by atoms with Gasteiger partial charge in [0.1, 0.15) is 17.6 Å². The molecule has 0 fully saturated rings. The number of anilines is 1. The van der Waals surface area contributed by atoms with E-state index in [0.29, 0.717) is 29.9 Å². The fourth-order valence-electron chi connectivity index (χ4n) is 2.06. The summed E-state index contributed by atoms with van der Waals surface area (Å²) in [7, 11) is 1.59. The Morgan fingerprint density at radius 3 is 3.10 bits per heavy atom. The Morgan fingerprint density at radius 1 is 1.33 bits per heavy atom. The predicted octanol–water partition coefficient (Wildman–Crippen LogP) is 2.62. The summed E-state index contributed by atoms with van der Waals surface area (Å²) in [4.78, 5) is 8.41. The maximum atomic E-state index is 5.97. The van der Waals surface area contributed by atoms with Gasteiger partial charge in [-0.05, 0) is 6.07 Å². The van der Waals surface area contributed by atoms with Crippen molar-refractivity contribution >= 4 is 17.4 Å². The van der Waals surface area contributed by atoms with E-state index in [2.05, 4.69) is 15.3 Å². The Kier molecular flexibility index (Phi) is 4.08. The molecule has 0 saturated carbocycles. The van der Waals surface area contributed by atoms with Crippen molar-refractivity contribution in [3.8, 4) is 11.5 Å². The van der Waals surface area contributed by atoms with E-state index in [4.69, 9.17) is 25.8 Å². The largest absolute Gasteiger partial charge is 0.454 e. The molecular weight excluding hydrogens is 294 g/mol. The molecule has 0 bridgehead atoms. The first-order valence-corrected chi connectivity index (χ1v) is 6.78. The summed E-state index contributed by atoms with van der Waals surface area (Å²) in [6.07, 6.45) is 0. The molecule has 21 heavy (non-hydrogen) atoms. The van der Waals surface area contributed by atoms with Gasteiger partial charge in [0.2, 0.25) is 6.79 Å². The quantitative estimate of drug-likeness (QED) is 0.857. The van der Waals surface area contributed by atoms with Crippen LogP contribution in [0.4, 0.5) is 5.82 Å². The first-order valence-electron chi connectivity index (χ1n) is 6.40. The Hall–Kier alpha value is -2.05. The van der Waals surface area contributed by atoms with E-state index in [0.717, 1.165) is 17.1 Å². The van der Waals surface area contributed by atoms with Gasteiger partial charge in [0.25, 0.3) is 0 Å². The number of hydrogen-bond acceptors (Lipinski definition) is 6. The van der Waals surface area contributed by atoms with Crippen LogP contribution in [0.25, 0.3) is 0 Å². The van der Waals surface area contributed by atoms with Crippen LogP contribution >= 0.6 is 11.6 Å². The van der Waals surface area contributed by atoms with E-state index in [1.807, 2.05) is 18.2 Å². The zero-order valence-corrected chi connectivity index (χ0v) is 12.2. The lowest BCUT2D eigenvalue weighted by Crippen LogP contribution is -2.06. The van der Waals surface area contributed by atoms with Gasteiger partial charge in [0.15, 0.2) is 17.3 Å². The summed E-state index contributed by atoms with van der Waals surface area (Å²) < 4.78 is 15.8. The van der Waals surface area contributed by atoms with Gasteiger partial charge in [-0.3, -0.25) is 0 Å². The molecule has 2 heterocycles. The lowest BCUT2D eigenvalue weighted by atomic mass is 10.2. The number of rotatable bonds is 5. The lowest BCUT2D eigenvalue weighted by Gasteiger charge is -2.09. The molecule has 1 N–H and O–H groups in total. The second-order valence-electron chi connectivity index (χ2n) is 4.43. The average Bonchev–Trinajstić information content (AvgIpc) is 2.94. The molecule has 110 valence electrons. The van der Waals surface area contributed by atoms with Crippen molar-refractivity contribution in [3.63, 3.8) is 0 Å². The standard InChI is InChI=1S/C14H14ClN3O3/c1-19-7-13-17-11(15)5-12(18-13)16-6-9-3-2-4-10-14(9)21-8-20-10/h2-5H,6-8H2,1H3,(H,16,17,18). The third-order valence-corrected chi connectivity index (χ3v) is 3.15. The van der Waals surface area contributed by atoms with Crippen LogP contribution < -0.4 is 14.8 Å². The number of halogens is 1. The van der Waals surface area contributed by atoms with Crippen molar-refractivity contribution in [1.29, 1.82) is 0 Å². The molecular formula is C14H14ClN3O3. The van der Waals surface area contributed by atoms with Gasteiger partial charge >= 0.3 is 0 Å². The number of ether oxygens (including phenoxy) is 3. The van der Waals surface area contributed by atoms with E-state index in [1.165, 1.54) is 0 Å². The van der Waals surface area contributed by atoms with Crippen molar-refractivity contribution < 1.29 is 14.2 Å². The molecule has 0 radical (unpaired) electrons. The summed E-state index contributed by atoms with van der Waals surface area (Å²) in [5, 5.41) is 3.58. The van der Waals surface area contributed by atoms with Crippen molar-refractivity contribution in [3.05, 3.63) is 40.8 Å². The van der Waals surface area contributed by atoms with Gasteiger partial charge in [-0.15, -0.1) is 0 Å². The van der Waals surface area contributed by atoms with Gasteiger partial charge in [-0.1, -0.05) is 23.7 Å². The SMILES string of the molecule is COCc1nc(Cl)cc(NCc2cccc3c2OCO3)n1. The highest BCUT2D eigenvalue weighted by Gasteiger charge is 2.17. The van der Waals surface area contributed by atoms with Crippen molar-refractivity contribution in [2.75, 3.05) is 19.2 Å². The maximum absolute atomic E-state index is 5.97. The zero-order chi connectivity index (χ0) is 14.7. The van der Waals surface area contributed by atoms with Crippen molar-refractivity contribution in [1.82, 2.24) is 9.97 Å². The number of nitrogens with zero attached hydrogens (tertiary/aromatic N) is 2. The molecule has 1 aromatic carbocycles. The minimum atomic E-state index is 0.254. The summed E-state index contributed by atoms with van der Waals surface area (Å²) in [6, 6.07) is 7.44. The zero-order valence-electron chi connectivity index (χ0n) is 11.4. The van der Waals surface area contributed by atoms with E-state index in [-0.39, 0.29) is 6.79 Å². The number of para-hydroxylation sites is 1. The number of hydrogen-bond donors (Lipinski definition) is 1. The predicted molar refractivity (Wildman–Crippen MR) is 77.6 cm³/mol. The van der Waals surface area contributed by atoms with Crippen LogP contribution in [0.2, 0.25) is 5.15 Å². The number of benzene rings is 1. The molecule has 7 heteroatoms. The number of aromatic nitrogens is 2. The Bertz CT molecular complexity index is 651. The molecule has 3 rings (SSSR count). The van der Waals surface area contributed by atoms with Crippen LogP contribution in [0.15, 0.2) is 24.3 Å². The second kappa shape index (κ2) is 6.15. The lowest BCUT2D eigenvalue weighted by molar-refractivity contribution is 0.173. The first kappa shape index (κ1) is 13.9. The van der Waals surface area contributed by atoms with E-state index in [9.17, 15) is 0 Å². The first-order chi connectivity index (χ1) is 10.3. The van der Waals surface area contributed by atoms with Crippen molar-refractivity contribution in [2.45, 2.75) is 13.2 Å². The summed E-state index contributed by atoms with van der Waals surface area (Å²) in [6.45, 7) is 1.11. The minimum absolute atomic E-state index is 0.254.